The van der Waals surface area contributed by atoms with Crippen LogP contribution >= 0.6 is 0 Å². The quantitative estimate of drug-likeness (QED) is 0.735. The predicted octanol–water partition coefficient (Wildman–Crippen LogP) is 2.12. The van der Waals surface area contributed by atoms with Gasteiger partial charge in [0.15, 0.2) is 22.2 Å². The molecule has 1 heterocycles. The van der Waals surface area contributed by atoms with Gasteiger partial charge in [-0.1, -0.05) is 12.1 Å². The van der Waals surface area contributed by atoms with Gasteiger partial charge in [-0.25, -0.2) is 17.2 Å². The molecule has 5 nitrogen and oxygen atoms in total. The smallest absolute Gasteiger partial charge is 0.272 e. The minimum absolute atomic E-state index is 0.300. The molecule has 0 amide bonds. The van der Waals surface area contributed by atoms with Gasteiger partial charge < -0.3 is 14.1 Å². The molecule has 0 saturated carbocycles. The number of aromatic nitrogens is 1. The van der Waals surface area contributed by atoms with Gasteiger partial charge >= 0.3 is 0 Å². The largest absolute Gasteiger partial charge is 0.361 e. The normalized spacial score (nSPS) is 18.1. The van der Waals surface area contributed by atoms with Gasteiger partial charge in [-0.05, 0) is 17.7 Å². The van der Waals surface area contributed by atoms with E-state index in [-0.39, 0.29) is 0 Å². The van der Waals surface area contributed by atoms with Crippen LogP contribution in [0.15, 0.2) is 30.5 Å². The Kier molecular flexibility index (Phi) is 4.33. The van der Waals surface area contributed by atoms with Crippen molar-refractivity contribution in [3.8, 4) is 0 Å². The number of alkyl halides is 2. The van der Waals surface area contributed by atoms with Crippen molar-refractivity contribution < 1.29 is 26.3 Å². The fraction of sp³-hybridized carbons (Fsp3) is 0.273. The Labute approximate surface area is 118 Å². The highest BCUT2D eigenvalue weighted by molar-refractivity contribution is 7.99. The zero-order chi connectivity index (χ0) is 14.9. The maximum absolute atomic E-state index is 13.2. The van der Waals surface area contributed by atoms with E-state index >= 15 is 0 Å². The lowest BCUT2D eigenvalue weighted by Crippen LogP contribution is -2.48. The van der Waals surface area contributed by atoms with Crippen LogP contribution in [0.25, 0.3) is 10.9 Å². The van der Waals surface area contributed by atoms with Gasteiger partial charge in [-0.2, -0.15) is 0 Å². The van der Waals surface area contributed by atoms with Crippen LogP contribution in [0.3, 0.4) is 0 Å². The predicted molar refractivity (Wildman–Crippen MR) is 72.3 cm³/mol. The monoisotopic (exact) mass is 323 g/mol. The summed E-state index contributed by atoms with van der Waals surface area (Å²) < 4.78 is 64.1. The molecule has 0 radical (unpaired) electrons. The van der Waals surface area contributed by atoms with Crippen molar-refractivity contribution in [1.82, 2.24) is 4.98 Å². The highest BCUT2D eigenvalue weighted by atomic mass is 32.3. The lowest BCUT2D eigenvalue weighted by atomic mass is 10.0. The number of benzene rings is 1. The van der Waals surface area contributed by atoms with Crippen molar-refractivity contribution in [2.75, 3.05) is 0 Å². The van der Waals surface area contributed by atoms with E-state index in [1.54, 1.807) is 24.4 Å². The first-order valence-corrected chi connectivity index (χ1v) is 7.66. The van der Waals surface area contributed by atoms with Crippen molar-refractivity contribution >= 4 is 33.1 Å². The van der Waals surface area contributed by atoms with E-state index < -0.39 is 39.1 Å². The Bertz CT molecular complexity index is 659. The first-order valence-electron chi connectivity index (χ1n) is 5.44. The Balaban J connectivity index is 2.55. The molecule has 9 heteroatoms. The second kappa shape index (κ2) is 5.68. The number of fused-ring (bicyclic) bond motifs is 1. The SMILES string of the molecule is O=S(O)C(Cc1cccc2[nH]ccc12)(C(F)F)S(=O)O. The van der Waals surface area contributed by atoms with Crippen molar-refractivity contribution in [2.24, 2.45) is 0 Å². The summed E-state index contributed by atoms with van der Waals surface area (Å²) in [5.41, 5.74) is 0.951. The van der Waals surface area contributed by atoms with Crippen LogP contribution in [0.4, 0.5) is 8.78 Å². The van der Waals surface area contributed by atoms with Crippen LogP contribution in [0.1, 0.15) is 5.56 Å². The summed E-state index contributed by atoms with van der Waals surface area (Å²) >= 11 is -6.33. The van der Waals surface area contributed by atoms with Gasteiger partial charge in [0.05, 0.1) is 0 Å². The molecule has 2 rings (SSSR count). The van der Waals surface area contributed by atoms with Crippen molar-refractivity contribution in [1.29, 1.82) is 0 Å². The van der Waals surface area contributed by atoms with E-state index in [0.29, 0.717) is 16.5 Å². The number of hydrogen-bond donors (Lipinski definition) is 3. The van der Waals surface area contributed by atoms with Gasteiger partial charge in [-0.3, -0.25) is 0 Å². The minimum Gasteiger partial charge on any atom is -0.361 e. The molecule has 2 atom stereocenters. The third-order valence-corrected chi connectivity index (χ3v) is 5.73. The molecule has 110 valence electrons. The number of hydrogen-bond acceptors (Lipinski definition) is 2. The Morgan fingerprint density at radius 3 is 2.40 bits per heavy atom. The summed E-state index contributed by atoms with van der Waals surface area (Å²) in [7, 11) is 0. The summed E-state index contributed by atoms with van der Waals surface area (Å²) in [5.74, 6) is 0. The number of nitrogens with one attached hydrogen (secondary N) is 1. The molecule has 0 fully saturated rings. The molecule has 0 spiro atoms. The standard InChI is InChI=1S/C11H11F2NO4S2/c12-10(13)11(19(15)16,20(17)18)6-7-2-1-3-9-8(7)4-5-14-9/h1-5,10,14H,6H2,(H,15,16)(H,17,18). The minimum atomic E-state index is -3.42. The molecule has 20 heavy (non-hydrogen) atoms. The number of H-pyrrole nitrogens is 1. The molecule has 1 aromatic carbocycles. The molecule has 2 aromatic rings. The lowest BCUT2D eigenvalue weighted by Gasteiger charge is -2.25. The summed E-state index contributed by atoms with van der Waals surface area (Å²) in [6.45, 7) is 0. The van der Waals surface area contributed by atoms with Crippen LogP contribution in [-0.4, -0.2) is 33.0 Å². The Morgan fingerprint density at radius 1 is 1.20 bits per heavy atom. The van der Waals surface area contributed by atoms with Crippen molar-refractivity contribution in [3.63, 3.8) is 0 Å². The van der Waals surface area contributed by atoms with Crippen LogP contribution in [-0.2, 0) is 28.6 Å². The molecule has 3 N–H and O–H groups in total. The maximum Gasteiger partial charge on any atom is 0.272 e. The Morgan fingerprint density at radius 2 is 1.85 bits per heavy atom. The lowest BCUT2D eigenvalue weighted by molar-refractivity contribution is 0.123. The average Bonchev–Trinajstić information content (AvgIpc) is 2.83. The number of rotatable bonds is 5. The maximum atomic E-state index is 13.2. The zero-order valence-electron chi connectivity index (χ0n) is 9.95. The number of aromatic amines is 1. The van der Waals surface area contributed by atoms with Crippen LogP contribution in [0.2, 0.25) is 0 Å². The first-order chi connectivity index (χ1) is 9.39. The highest BCUT2D eigenvalue weighted by Gasteiger charge is 2.52. The fourth-order valence-electron chi connectivity index (χ4n) is 1.98. The van der Waals surface area contributed by atoms with E-state index in [9.17, 15) is 17.2 Å². The fourth-order valence-corrected chi connectivity index (χ4v) is 3.33. The summed E-state index contributed by atoms with van der Waals surface area (Å²) in [6, 6.07) is 6.37. The summed E-state index contributed by atoms with van der Waals surface area (Å²) in [6.07, 6.45) is -2.52. The summed E-state index contributed by atoms with van der Waals surface area (Å²) in [4.78, 5) is 2.87. The third-order valence-electron chi connectivity index (χ3n) is 3.05. The van der Waals surface area contributed by atoms with E-state index in [2.05, 4.69) is 4.98 Å². The summed E-state index contributed by atoms with van der Waals surface area (Å²) in [5, 5.41) is 0.563. The second-order valence-corrected chi connectivity index (χ2v) is 6.86. The van der Waals surface area contributed by atoms with Gasteiger partial charge in [-0.15, -0.1) is 0 Å². The molecule has 2 unspecified atom stereocenters. The van der Waals surface area contributed by atoms with E-state index in [1.165, 1.54) is 6.07 Å². The second-order valence-electron chi connectivity index (χ2n) is 4.14. The molecule has 1 aromatic heterocycles. The van der Waals surface area contributed by atoms with E-state index in [1.807, 2.05) is 0 Å². The van der Waals surface area contributed by atoms with Crippen LogP contribution < -0.4 is 0 Å². The van der Waals surface area contributed by atoms with Crippen molar-refractivity contribution in [2.45, 2.75) is 16.9 Å². The van der Waals surface area contributed by atoms with Crippen LogP contribution in [0.5, 0.6) is 0 Å². The van der Waals surface area contributed by atoms with Crippen LogP contribution in [0, 0.1) is 0 Å². The number of halogens is 2. The van der Waals surface area contributed by atoms with Gasteiger partial charge in [0.1, 0.15) is 0 Å². The van der Waals surface area contributed by atoms with Gasteiger partial charge in [0.25, 0.3) is 6.43 Å². The van der Waals surface area contributed by atoms with Gasteiger partial charge in [0.2, 0.25) is 4.08 Å². The van der Waals surface area contributed by atoms with Crippen molar-refractivity contribution in [3.05, 3.63) is 36.0 Å². The molecule has 0 aliphatic rings. The molecule has 0 aliphatic heterocycles. The molecular weight excluding hydrogens is 312 g/mol. The average molecular weight is 323 g/mol. The van der Waals surface area contributed by atoms with E-state index in [4.69, 9.17) is 9.11 Å². The topological polar surface area (TPSA) is 90.4 Å². The van der Waals surface area contributed by atoms with Gasteiger partial charge in [0, 0.05) is 23.5 Å². The molecule has 0 aliphatic carbocycles. The van der Waals surface area contributed by atoms with E-state index in [0.717, 1.165) is 0 Å². The first kappa shape index (κ1) is 15.2. The highest BCUT2D eigenvalue weighted by Crippen LogP contribution is 2.32. The molecule has 0 bridgehead atoms. The molecule has 0 saturated heterocycles. The third kappa shape index (κ3) is 2.41. The zero-order valence-corrected chi connectivity index (χ0v) is 11.6. The Hall–Kier alpha value is -1.16. The molecular formula is C11H11F2NO4S2.